The molecule has 0 aromatic rings. The average Bonchev–Trinajstić information content (AvgIpc) is 2.22. The molecule has 2 N–H and O–H groups in total. The molecule has 4 nitrogen and oxygen atoms in total. The van der Waals surface area contributed by atoms with Crippen LogP contribution in [0.4, 0.5) is 0 Å². The summed E-state index contributed by atoms with van der Waals surface area (Å²) in [5, 5.41) is 5.73. The van der Waals surface area contributed by atoms with Crippen molar-refractivity contribution < 1.29 is 9.53 Å². The summed E-state index contributed by atoms with van der Waals surface area (Å²) < 4.78 is 4.86. The van der Waals surface area contributed by atoms with Crippen molar-refractivity contribution in [2.24, 2.45) is 0 Å². The summed E-state index contributed by atoms with van der Waals surface area (Å²) in [4.78, 5) is 11.3. The topological polar surface area (TPSA) is 50.4 Å². The number of nitrogens with one attached hydrogen (secondary N) is 2. The molecule has 0 aliphatic carbocycles. The van der Waals surface area contributed by atoms with Crippen molar-refractivity contribution >= 4 is 5.91 Å². The molecule has 0 saturated carbocycles. The van der Waals surface area contributed by atoms with Gasteiger partial charge < -0.3 is 10.1 Å². The Bertz CT molecular complexity index is 231. The minimum Gasteiger partial charge on any atom is -0.385 e. The fraction of sp³-hybridized carbons (Fsp3) is 0.727. The molecule has 0 spiro atoms. The fourth-order valence-electron chi connectivity index (χ4n) is 0.859. The number of hydrogen-bond acceptors (Lipinski definition) is 3. The van der Waals surface area contributed by atoms with Crippen LogP contribution in [-0.2, 0) is 9.53 Å². The molecule has 0 fully saturated rings. The lowest BCUT2D eigenvalue weighted by Gasteiger charge is -2.18. The Morgan fingerprint density at radius 1 is 1.53 bits per heavy atom. The summed E-state index contributed by atoms with van der Waals surface area (Å²) in [5.41, 5.74) is -0.441. The third-order valence-electron chi connectivity index (χ3n) is 1.90. The monoisotopic (exact) mass is 212 g/mol. The zero-order chi connectivity index (χ0) is 11.7. The molecule has 0 heterocycles. The summed E-state index contributed by atoms with van der Waals surface area (Å²) in [6, 6.07) is 0. The molecule has 0 radical (unpaired) electrons. The van der Waals surface area contributed by atoms with Crippen LogP contribution in [-0.4, -0.2) is 38.3 Å². The number of terminal acetylenes is 1. The standard InChI is InChI=1S/C11H20N2O2/c1-5-11(2,3)13-9-10(14)12-7-6-8-15-4/h1,13H,6-9H2,2-4H3,(H,12,14). The summed E-state index contributed by atoms with van der Waals surface area (Å²) >= 11 is 0. The Kier molecular flexibility index (Phi) is 6.76. The molecule has 0 saturated heterocycles. The van der Waals surface area contributed by atoms with E-state index in [0.717, 1.165) is 6.42 Å². The second kappa shape index (κ2) is 7.27. The van der Waals surface area contributed by atoms with Crippen LogP contribution in [0.3, 0.4) is 0 Å². The molecule has 0 atom stereocenters. The predicted molar refractivity (Wildman–Crippen MR) is 60.4 cm³/mol. The van der Waals surface area contributed by atoms with Gasteiger partial charge in [-0.2, -0.15) is 0 Å². The molecule has 0 aliphatic rings. The van der Waals surface area contributed by atoms with Gasteiger partial charge in [-0.1, -0.05) is 5.92 Å². The Morgan fingerprint density at radius 3 is 2.73 bits per heavy atom. The number of methoxy groups -OCH3 is 1. The van der Waals surface area contributed by atoms with E-state index in [1.165, 1.54) is 0 Å². The summed E-state index contributed by atoms with van der Waals surface area (Å²) in [7, 11) is 1.64. The third-order valence-corrected chi connectivity index (χ3v) is 1.90. The first kappa shape index (κ1) is 13.9. The van der Waals surface area contributed by atoms with Crippen molar-refractivity contribution in [3.8, 4) is 12.3 Å². The van der Waals surface area contributed by atoms with Gasteiger partial charge in [-0.3, -0.25) is 10.1 Å². The molecule has 0 bridgehead atoms. The molecule has 0 aromatic heterocycles. The van der Waals surface area contributed by atoms with Gasteiger partial charge in [-0.05, 0) is 20.3 Å². The van der Waals surface area contributed by atoms with Gasteiger partial charge in [-0.25, -0.2) is 0 Å². The van der Waals surface area contributed by atoms with Crippen LogP contribution in [0.25, 0.3) is 0 Å². The lowest BCUT2D eigenvalue weighted by Crippen LogP contribution is -2.44. The van der Waals surface area contributed by atoms with E-state index in [1.807, 2.05) is 13.8 Å². The van der Waals surface area contributed by atoms with Gasteiger partial charge >= 0.3 is 0 Å². The van der Waals surface area contributed by atoms with E-state index in [9.17, 15) is 4.79 Å². The average molecular weight is 212 g/mol. The van der Waals surface area contributed by atoms with E-state index in [2.05, 4.69) is 16.6 Å². The predicted octanol–water partition coefficient (Wildman–Crippen LogP) is 0.141. The van der Waals surface area contributed by atoms with Crippen LogP contribution in [0, 0.1) is 12.3 Å². The minimum atomic E-state index is -0.441. The van der Waals surface area contributed by atoms with Gasteiger partial charge in [0.05, 0.1) is 12.1 Å². The highest BCUT2D eigenvalue weighted by Crippen LogP contribution is 1.96. The van der Waals surface area contributed by atoms with Crippen LogP contribution in [0.1, 0.15) is 20.3 Å². The first-order chi connectivity index (χ1) is 7.02. The van der Waals surface area contributed by atoms with Gasteiger partial charge in [0, 0.05) is 20.3 Å². The number of carbonyl (C=O) groups excluding carboxylic acids is 1. The Morgan fingerprint density at radius 2 is 2.20 bits per heavy atom. The second-order valence-corrected chi connectivity index (χ2v) is 3.82. The molecular formula is C11H20N2O2. The number of ether oxygens (including phenoxy) is 1. The van der Waals surface area contributed by atoms with Gasteiger partial charge in [0.25, 0.3) is 0 Å². The SMILES string of the molecule is C#CC(C)(C)NCC(=O)NCCCOC. The number of amides is 1. The summed E-state index contributed by atoms with van der Waals surface area (Å²) in [6.45, 7) is 5.23. The van der Waals surface area contributed by atoms with E-state index in [4.69, 9.17) is 11.2 Å². The summed E-state index contributed by atoms with van der Waals surface area (Å²) in [6.07, 6.45) is 6.09. The van der Waals surface area contributed by atoms with E-state index < -0.39 is 5.54 Å². The Hall–Kier alpha value is -1.05. The molecular weight excluding hydrogens is 192 g/mol. The van der Waals surface area contributed by atoms with Crippen LogP contribution in [0.5, 0.6) is 0 Å². The van der Waals surface area contributed by atoms with Crippen molar-refractivity contribution in [1.82, 2.24) is 10.6 Å². The van der Waals surface area contributed by atoms with Gasteiger partial charge in [0.2, 0.25) is 5.91 Å². The normalized spacial score (nSPS) is 10.8. The van der Waals surface area contributed by atoms with Crippen molar-refractivity contribution in [2.45, 2.75) is 25.8 Å². The van der Waals surface area contributed by atoms with Gasteiger partial charge in [0.15, 0.2) is 0 Å². The quantitative estimate of drug-likeness (QED) is 0.466. The fourth-order valence-corrected chi connectivity index (χ4v) is 0.859. The second-order valence-electron chi connectivity index (χ2n) is 3.82. The Labute approximate surface area is 91.8 Å². The smallest absolute Gasteiger partial charge is 0.234 e. The van der Waals surface area contributed by atoms with E-state index in [0.29, 0.717) is 13.2 Å². The van der Waals surface area contributed by atoms with Gasteiger partial charge in [0.1, 0.15) is 0 Å². The molecule has 0 rings (SSSR count). The highest BCUT2D eigenvalue weighted by atomic mass is 16.5. The zero-order valence-corrected chi connectivity index (χ0v) is 9.72. The van der Waals surface area contributed by atoms with Crippen LogP contribution >= 0.6 is 0 Å². The lowest BCUT2D eigenvalue weighted by molar-refractivity contribution is -0.120. The van der Waals surface area contributed by atoms with Gasteiger partial charge in [-0.15, -0.1) is 6.42 Å². The highest BCUT2D eigenvalue weighted by Gasteiger charge is 2.13. The molecule has 4 heteroatoms. The molecule has 86 valence electrons. The first-order valence-electron chi connectivity index (χ1n) is 5.00. The maximum Gasteiger partial charge on any atom is 0.234 e. The first-order valence-corrected chi connectivity index (χ1v) is 5.00. The molecule has 0 aromatic carbocycles. The lowest BCUT2D eigenvalue weighted by atomic mass is 10.1. The third kappa shape index (κ3) is 7.98. The van der Waals surface area contributed by atoms with E-state index in [-0.39, 0.29) is 12.5 Å². The van der Waals surface area contributed by atoms with Crippen LogP contribution in [0.15, 0.2) is 0 Å². The summed E-state index contributed by atoms with van der Waals surface area (Å²) in [5.74, 6) is 2.52. The molecule has 15 heavy (non-hydrogen) atoms. The number of hydrogen-bond donors (Lipinski definition) is 2. The number of carbonyl (C=O) groups is 1. The highest BCUT2D eigenvalue weighted by molar-refractivity contribution is 5.78. The van der Waals surface area contributed by atoms with Crippen molar-refractivity contribution in [3.63, 3.8) is 0 Å². The minimum absolute atomic E-state index is 0.0468. The zero-order valence-electron chi connectivity index (χ0n) is 9.72. The van der Waals surface area contributed by atoms with E-state index >= 15 is 0 Å². The van der Waals surface area contributed by atoms with Crippen molar-refractivity contribution in [2.75, 3.05) is 26.8 Å². The maximum atomic E-state index is 11.3. The van der Waals surface area contributed by atoms with E-state index in [1.54, 1.807) is 7.11 Å². The molecule has 1 amide bonds. The number of rotatable bonds is 7. The Balaban J connectivity index is 3.55. The molecule has 0 unspecified atom stereocenters. The largest absolute Gasteiger partial charge is 0.385 e. The molecule has 0 aliphatic heterocycles. The van der Waals surface area contributed by atoms with Crippen molar-refractivity contribution in [1.29, 1.82) is 0 Å². The van der Waals surface area contributed by atoms with Crippen molar-refractivity contribution in [3.05, 3.63) is 0 Å². The maximum absolute atomic E-state index is 11.3. The van der Waals surface area contributed by atoms with Crippen LogP contribution < -0.4 is 10.6 Å². The van der Waals surface area contributed by atoms with Crippen LogP contribution in [0.2, 0.25) is 0 Å².